The number of carbonyl (C=O) groups is 1. The van der Waals surface area contributed by atoms with E-state index in [4.69, 9.17) is 10.8 Å². The number of nitrogen functional groups attached to an aromatic ring is 1. The van der Waals surface area contributed by atoms with Gasteiger partial charge in [-0.2, -0.15) is 0 Å². The molecule has 2 atom stereocenters. The van der Waals surface area contributed by atoms with E-state index in [1.807, 2.05) is 4.57 Å². The number of aromatic nitrogens is 3. The molecule has 0 radical (unpaired) electrons. The molecule has 0 bridgehead atoms. The van der Waals surface area contributed by atoms with E-state index in [0.717, 1.165) is 24.8 Å². The van der Waals surface area contributed by atoms with Gasteiger partial charge in [0.2, 0.25) is 5.95 Å². The molecule has 3 N–H and O–H groups in total. The molecule has 1 fully saturated rings. The Hall–Kier alpha value is -1.24. The van der Waals surface area contributed by atoms with Gasteiger partial charge in [0.25, 0.3) is 0 Å². The predicted octanol–water partition coefficient (Wildman–Crippen LogP) is 2.25. The maximum Gasteiger partial charge on any atom is 0.313 e. The lowest BCUT2D eigenvalue weighted by Crippen LogP contribution is -2.16. The quantitative estimate of drug-likeness (QED) is 0.782. The van der Waals surface area contributed by atoms with Crippen molar-refractivity contribution in [3.8, 4) is 0 Å². The van der Waals surface area contributed by atoms with E-state index in [1.54, 1.807) is 0 Å². The Bertz CT molecular complexity index is 463. The van der Waals surface area contributed by atoms with E-state index in [1.165, 1.54) is 37.4 Å². The van der Waals surface area contributed by atoms with Crippen LogP contribution in [0.4, 0.5) is 5.95 Å². The summed E-state index contributed by atoms with van der Waals surface area (Å²) in [6, 6.07) is 0. The topological polar surface area (TPSA) is 94.0 Å². The summed E-state index contributed by atoms with van der Waals surface area (Å²) in [5.41, 5.74) is 5.82. The minimum absolute atomic E-state index is 0.0153. The standard InChI is InChI=1S/C13H22N4O2S/c1-9-3-2-4-10(7-9)5-6-17-12(14)15-16-13(17)20-8-11(18)19/h9-10H,2-8H2,1H3,(H2,14,15)(H,18,19). The summed E-state index contributed by atoms with van der Waals surface area (Å²) >= 11 is 1.17. The van der Waals surface area contributed by atoms with Crippen LogP contribution in [-0.2, 0) is 11.3 Å². The summed E-state index contributed by atoms with van der Waals surface area (Å²) in [6.45, 7) is 3.09. The monoisotopic (exact) mass is 298 g/mol. The van der Waals surface area contributed by atoms with Crippen LogP contribution in [0, 0.1) is 11.8 Å². The molecule has 1 aliphatic carbocycles. The van der Waals surface area contributed by atoms with Gasteiger partial charge in [-0.15, -0.1) is 10.2 Å². The van der Waals surface area contributed by atoms with Gasteiger partial charge in [0.1, 0.15) is 0 Å². The molecule has 20 heavy (non-hydrogen) atoms. The van der Waals surface area contributed by atoms with Crippen molar-refractivity contribution in [1.29, 1.82) is 0 Å². The summed E-state index contributed by atoms with van der Waals surface area (Å²) in [4.78, 5) is 10.6. The van der Waals surface area contributed by atoms with Crippen LogP contribution in [-0.4, -0.2) is 31.6 Å². The molecule has 1 saturated carbocycles. The van der Waals surface area contributed by atoms with Gasteiger partial charge in [0.15, 0.2) is 5.16 Å². The molecule has 2 unspecified atom stereocenters. The second-order valence-corrected chi connectivity index (χ2v) is 6.54. The van der Waals surface area contributed by atoms with Crippen molar-refractivity contribution in [3.05, 3.63) is 0 Å². The molecule has 1 heterocycles. The van der Waals surface area contributed by atoms with Gasteiger partial charge in [-0.05, 0) is 24.7 Å². The van der Waals surface area contributed by atoms with Crippen molar-refractivity contribution in [3.63, 3.8) is 0 Å². The molecule has 6 nitrogen and oxygen atoms in total. The normalized spacial score (nSPS) is 22.9. The second kappa shape index (κ2) is 6.97. The highest BCUT2D eigenvalue weighted by Gasteiger charge is 2.20. The van der Waals surface area contributed by atoms with Gasteiger partial charge in [0, 0.05) is 6.54 Å². The van der Waals surface area contributed by atoms with E-state index < -0.39 is 5.97 Å². The third kappa shape index (κ3) is 4.13. The second-order valence-electron chi connectivity index (χ2n) is 5.60. The molecule has 1 aromatic heterocycles. The minimum atomic E-state index is -0.857. The van der Waals surface area contributed by atoms with Gasteiger partial charge >= 0.3 is 5.97 Å². The molecule has 0 aromatic carbocycles. The Labute approximate surface area is 123 Å². The smallest absolute Gasteiger partial charge is 0.313 e. The molecule has 0 aliphatic heterocycles. The molecule has 2 rings (SSSR count). The number of hydrogen-bond acceptors (Lipinski definition) is 5. The lowest BCUT2D eigenvalue weighted by molar-refractivity contribution is -0.133. The molecule has 1 aliphatic rings. The molecule has 0 spiro atoms. The SMILES string of the molecule is CC1CCCC(CCn2c(N)nnc2SCC(=O)O)C1. The van der Waals surface area contributed by atoms with Crippen molar-refractivity contribution in [2.24, 2.45) is 11.8 Å². The number of hydrogen-bond donors (Lipinski definition) is 2. The molecule has 1 aromatic rings. The number of carboxylic acids is 1. The summed E-state index contributed by atoms with van der Waals surface area (Å²) < 4.78 is 1.84. The highest BCUT2D eigenvalue weighted by molar-refractivity contribution is 7.99. The van der Waals surface area contributed by atoms with Crippen molar-refractivity contribution < 1.29 is 9.90 Å². The Morgan fingerprint density at radius 2 is 2.30 bits per heavy atom. The third-order valence-corrected chi connectivity index (χ3v) is 4.83. The van der Waals surface area contributed by atoms with Gasteiger partial charge < -0.3 is 10.8 Å². The zero-order valence-electron chi connectivity index (χ0n) is 11.8. The van der Waals surface area contributed by atoms with E-state index in [2.05, 4.69) is 17.1 Å². The van der Waals surface area contributed by atoms with Crippen LogP contribution < -0.4 is 5.73 Å². The van der Waals surface area contributed by atoms with Crippen LogP contribution in [0.15, 0.2) is 5.16 Å². The van der Waals surface area contributed by atoms with Crippen molar-refractivity contribution in [2.75, 3.05) is 11.5 Å². The first kappa shape index (κ1) is 15.2. The van der Waals surface area contributed by atoms with E-state index >= 15 is 0 Å². The lowest BCUT2D eigenvalue weighted by atomic mass is 9.81. The fourth-order valence-electron chi connectivity index (χ4n) is 2.88. The van der Waals surface area contributed by atoms with Crippen LogP contribution in [0.25, 0.3) is 0 Å². The Kier molecular flexibility index (Phi) is 5.28. The highest BCUT2D eigenvalue weighted by atomic mass is 32.2. The summed E-state index contributed by atoms with van der Waals surface area (Å²) in [7, 11) is 0. The number of nitrogens with two attached hydrogens (primary N) is 1. The maximum atomic E-state index is 10.6. The summed E-state index contributed by atoms with van der Waals surface area (Å²) in [5.74, 6) is 1.05. The first-order valence-corrected chi connectivity index (χ1v) is 8.08. The molecule has 7 heteroatoms. The number of anilines is 1. The van der Waals surface area contributed by atoms with Crippen LogP contribution in [0.2, 0.25) is 0 Å². The van der Waals surface area contributed by atoms with Crippen LogP contribution in [0.3, 0.4) is 0 Å². The average Bonchev–Trinajstić information content (AvgIpc) is 2.75. The first-order chi connectivity index (χ1) is 9.56. The number of thioether (sulfide) groups is 1. The predicted molar refractivity (Wildman–Crippen MR) is 78.5 cm³/mol. The molecular weight excluding hydrogens is 276 g/mol. The first-order valence-electron chi connectivity index (χ1n) is 7.09. The third-order valence-electron chi connectivity index (χ3n) is 3.88. The van der Waals surface area contributed by atoms with Crippen LogP contribution in [0.5, 0.6) is 0 Å². The number of carboxylic acid groups (broad SMARTS) is 1. The fourth-order valence-corrected chi connectivity index (χ4v) is 3.57. The largest absolute Gasteiger partial charge is 0.481 e. The minimum Gasteiger partial charge on any atom is -0.481 e. The molecular formula is C13H22N4O2S. The Morgan fingerprint density at radius 3 is 3.00 bits per heavy atom. The lowest BCUT2D eigenvalue weighted by Gasteiger charge is -2.26. The van der Waals surface area contributed by atoms with Crippen molar-refractivity contribution >= 4 is 23.7 Å². The van der Waals surface area contributed by atoms with Crippen LogP contribution in [0.1, 0.15) is 39.0 Å². The molecule has 112 valence electrons. The van der Waals surface area contributed by atoms with Gasteiger partial charge in [0.05, 0.1) is 5.75 Å². The number of nitrogens with zero attached hydrogens (tertiary/aromatic N) is 3. The highest BCUT2D eigenvalue weighted by Crippen LogP contribution is 2.31. The zero-order chi connectivity index (χ0) is 14.5. The molecule has 0 saturated heterocycles. The summed E-state index contributed by atoms with van der Waals surface area (Å²) in [5, 5.41) is 17.1. The van der Waals surface area contributed by atoms with E-state index in [-0.39, 0.29) is 5.75 Å². The maximum absolute atomic E-state index is 10.6. The Morgan fingerprint density at radius 1 is 1.50 bits per heavy atom. The van der Waals surface area contributed by atoms with Crippen molar-refractivity contribution in [1.82, 2.24) is 14.8 Å². The van der Waals surface area contributed by atoms with Crippen molar-refractivity contribution in [2.45, 2.75) is 50.7 Å². The zero-order valence-corrected chi connectivity index (χ0v) is 12.6. The van der Waals surface area contributed by atoms with Gasteiger partial charge in [-0.3, -0.25) is 9.36 Å². The van der Waals surface area contributed by atoms with E-state index in [9.17, 15) is 4.79 Å². The summed E-state index contributed by atoms with van der Waals surface area (Å²) in [6.07, 6.45) is 6.27. The average molecular weight is 298 g/mol. The van der Waals surface area contributed by atoms with Gasteiger partial charge in [-0.25, -0.2) is 0 Å². The Balaban J connectivity index is 1.91. The number of rotatable bonds is 6. The van der Waals surface area contributed by atoms with Gasteiger partial charge in [-0.1, -0.05) is 37.9 Å². The van der Waals surface area contributed by atoms with E-state index in [0.29, 0.717) is 11.1 Å². The fraction of sp³-hybridized carbons (Fsp3) is 0.769. The molecule has 0 amide bonds. The van der Waals surface area contributed by atoms with Crippen LogP contribution >= 0.6 is 11.8 Å². The number of aliphatic carboxylic acids is 1.